The topological polar surface area (TPSA) is 98.7 Å². The van der Waals surface area contributed by atoms with Crippen molar-refractivity contribution in [2.24, 2.45) is 0 Å². The molecule has 1 fully saturated rings. The van der Waals surface area contributed by atoms with Crippen molar-refractivity contribution in [1.82, 2.24) is 5.32 Å². The van der Waals surface area contributed by atoms with Crippen LogP contribution in [0.5, 0.6) is 0 Å². The van der Waals surface area contributed by atoms with Crippen LogP contribution in [0.25, 0.3) is 0 Å². The second-order valence-corrected chi connectivity index (χ2v) is 11.4. The van der Waals surface area contributed by atoms with Gasteiger partial charge in [-0.05, 0) is 84.1 Å². The first-order chi connectivity index (χ1) is 20.5. The van der Waals surface area contributed by atoms with E-state index in [4.69, 9.17) is 5.11 Å². The largest absolute Gasteiger partial charge is 0.479 e. The third-order valence-corrected chi connectivity index (χ3v) is 7.83. The molecule has 228 valence electrons. The van der Waals surface area contributed by atoms with Crippen molar-refractivity contribution in [2.75, 3.05) is 16.8 Å². The van der Waals surface area contributed by atoms with Crippen LogP contribution in [0.2, 0.25) is 0 Å². The number of urea groups is 1. The molecule has 7 nitrogen and oxygen atoms in total. The van der Waals surface area contributed by atoms with E-state index in [-0.39, 0.29) is 34.5 Å². The van der Waals surface area contributed by atoms with Crippen molar-refractivity contribution in [3.8, 4) is 0 Å². The number of nitrogens with one attached hydrogen (secondary N) is 2. The number of amides is 3. The third kappa shape index (κ3) is 9.47. The Balaban J connectivity index is 1.53. The molecule has 12 heteroatoms. The molecule has 3 amide bonds. The van der Waals surface area contributed by atoms with Crippen molar-refractivity contribution in [3.05, 3.63) is 89.5 Å². The molecular formula is C31H31F4N3O4S. The molecule has 1 saturated carbocycles. The van der Waals surface area contributed by atoms with Crippen LogP contribution in [-0.4, -0.2) is 41.2 Å². The zero-order valence-corrected chi connectivity index (χ0v) is 23.9. The molecular weight excluding hydrogens is 586 g/mol. The first-order valence-electron chi connectivity index (χ1n) is 13.8. The van der Waals surface area contributed by atoms with Gasteiger partial charge >= 0.3 is 17.5 Å². The molecule has 0 saturated heterocycles. The number of rotatable bonds is 10. The van der Waals surface area contributed by atoms with Crippen LogP contribution in [0.15, 0.2) is 77.7 Å². The molecule has 0 aromatic heterocycles. The highest BCUT2D eigenvalue weighted by molar-refractivity contribution is 8.00. The number of carbonyl (C=O) groups is 3. The summed E-state index contributed by atoms with van der Waals surface area (Å²) in [7, 11) is 0. The minimum Gasteiger partial charge on any atom is -0.479 e. The minimum absolute atomic E-state index is 0.0648. The lowest BCUT2D eigenvalue weighted by Crippen LogP contribution is -2.35. The standard InChI is InChI=1S/C31H31F4N3O4S/c32-27(29(40)41)18-36-28(39)23-11-9-20(10-12-23)19-38(25-15-13-22(14-16-25)21-5-2-1-3-6-21)30(42)37-24-7-4-8-26(17-24)43-31(33,34)35/h4,7-17,21,27H,1-3,5-6,18-19H2,(H,36,39)(H,37,42)(H,40,41). The Hall–Kier alpha value is -4.06. The molecule has 0 spiro atoms. The summed E-state index contributed by atoms with van der Waals surface area (Å²) in [6.45, 7) is -0.609. The van der Waals surface area contributed by atoms with E-state index in [2.05, 4.69) is 10.6 Å². The van der Waals surface area contributed by atoms with Gasteiger partial charge in [-0.1, -0.05) is 49.6 Å². The fourth-order valence-electron chi connectivity index (χ4n) is 4.92. The van der Waals surface area contributed by atoms with E-state index in [1.54, 1.807) is 12.1 Å². The summed E-state index contributed by atoms with van der Waals surface area (Å²) in [6.07, 6.45) is 3.57. The van der Waals surface area contributed by atoms with Gasteiger partial charge in [-0.3, -0.25) is 9.69 Å². The molecule has 0 heterocycles. The Kier molecular flexibility index (Phi) is 10.7. The monoisotopic (exact) mass is 617 g/mol. The molecule has 3 aromatic carbocycles. The molecule has 0 bridgehead atoms. The molecule has 1 atom stereocenters. The van der Waals surface area contributed by atoms with Gasteiger partial charge < -0.3 is 15.7 Å². The number of hydrogen-bond donors (Lipinski definition) is 3. The van der Waals surface area contributed by atoms with Crippen LogP contribution < -0.4 is 15.5 Å². The maximum atomic E-state index is 13.5. The lowest BCUT2D eigenvalue weighted by atomic mass is 9.84. The lowest BCUT2D eigenvalue weighted by Gasteiger charge is -2.26. The Morgan fingerprint density at radius 2 is 1.63 bits per heavy atom. The van der Waals surface area contributed by atoms with Crippen LogP contribution >= 0.6 is 11.8 Å². The van der Waals surface area contributed by atoms with Gasteiger partial charge in [-0.2, -0.15) is 13.2 Å². The van der Waals surface area contributed by atoms with Gasteiger partial charge in [0, 0.05) is 21.8 Å². The summed E-state index contributed by atoms with van der Waals surface area (Å²) in [5, 5.41) is 13.6. The average Bonchev–Trinajstić information content (AvgIpc) is 2.98. The van der Waals surface area contributed by atoms with E-state index in [1.807, 2.05) is 24.3 Å². The Bertz CT molecular complexity index is 1410. The predicted octanol–water partition coefficient (Wildman–Crippen LogP) is 7.74. The fraction of sp³-hybridized carbons (Fsp3) is 0.323. The second kappa shape index (κ2) is 14.4. The molecule has 3 aromatic rings. The molecule has 3 N–H and O–H groups in total. The van der Waals surface area contributed by atoms with E-state index in [9.17, 15) is 31.9 Å². The highest BCUT2D eigenvalue weighted by Crippen LogP contribution is 2.38. The van der Waals surface area contributed by atoms with Crippen LogP contribution in [0.1, 0.15) is 59.5 Å². The van der Waals surface area contributed by atoms with Gasteiger partial charge in [0.15, 0.2) is 0 Å². The number of alkyl halides is 4. The van der Waals surface area contributed by atoms with Crippen LogP contribution in [0.3, 0.4) is 0 Å². The molecule has 0 aliphatic heterocycles. The van der Waals surface area contributed by atoms with Crippen LogP contribution in [-0.2, 0) is 11.3 Å². The first-order valence-corrected chi connectivity index (χ1v) is 14.6. The van der Waals surface area contributed by atoms with Crippen LogP contribution in [0, 0.1) is 0 Å². The highest BCUT2D eigenvalue weighted by Gasteiger charge is 2.29. The first kappa shape index (κ1) is 31.9. The Morgan fingerprint density at radius 3 is 2.26 bits per heavy atom. The Labute approximate surface area is 250 Å². The van der Waals surface area contributed by atoms with Crippen molar-refractivity contribution in [1.29, 1.82) is 0 Å². The van der Waals surface area contributed by atoms with Crippen LogP contribution in [0.4, 0.5) is 33.7 Å². The number of nitrogens with zero attached hydrogens (tertiary/aromatic N) is 1. The molecule has 4 rings (SSSR count). The maximum Gasteiger partial charge on any atom is 0.446 e. The van der Waals surface area contributed by atoms with Gasteiger partial charge in [0.25, 0.3) is 5.91 Å². The zero-order valence-electron chi connectivity index (χ0n) is 23.1. The SMILES string of the molecule is O=C(NCC(F)C(=O)O)c1ccc(CN(C(=O)Nc2cccc(SC(F)(F)F)c2)c2ccc(C3CCCCC3)cc2)cc1. The summed E-state index contributed by atoms with van der Waals surface area (Å²) in [5.74, 6) is -1.87. The van der Waals surface area contributed by atoms with Gasteiger partial charge in [-0.15, -0.1) is 0 Å². The highest BCUT2D eigenvalue weighted by atomic mass is 32.2. The number of carboxylic acid groups (broad SMARTS) is 1. The Morgan fingerprint density at radius 1 is 0.953 bits per heavy atom. The molecule has 0 radical (unpaired) electrons. The summed E-state index contributed by atoms with van der Waals surface area (Å²) in [4.78, 5) is 37.8. The van der Waals surface area contributed by atoms with E-state index < -0.39 is 36.1 Å². The normalized spacial score (nSPS) is 14.5. The second-order valence-electron chi connectivity index (χ2n) is 10.2. The number of hydrogen-bond acceptors (Lipinski definition) is 4. The predicted molar refractivity (Wildman–Crippen MR) is 157 cm³/mol. The number of carbonyl (C=O) groups excluding carboxylic acids is 2. The third-order valence-electron chi connectivity index (χ3n) is 7.11. The molecule has 1 aliphatic carbocycles. The van der Waals surface area contributed by atoms with Gasteiger partial charge in [0.2, 0.25) is 6.17 Å². The van der Waals surface area contributed by atoms with Gasteiger partial charge in [0.1, 0.15) is 0 Å². The van der Waals surface area contributed by atoms with Crippen molar-refractivity contribution in [2.45, 2.75) is 61.1 Å². The van der Waals surface area contributed by atoms with E-state index in [1.165, 1.54) is 66.1 Å². The average molecular weight is 618 g/mol. The van der Waals surface area contributed by atoms with Gasteiger partial charge in [-0.25, -0.2) is 14.0 Å². The minimum atomic E-state index is -4.47. The number of carboxylic acids is 1. The lowest BCUT2D eigenvalue weighted by molar-refractivity contribution is -0.142. The summed E-state index contributed by atoms with van der Waals surface area (Å²) in [6, 6.07) is 18.8. The molecule has 43 heavy (non-hydrogen) atoms. The van der Waals surface area contributed by atoms with Crippen molar-refractivity contribution < 1.29 is 37.1 Å². The quantitative estimate of drug-likeness (QED) is 0.160. The van der Waals surface area contributed by atoms with Crippen molar-refractivity contribution >= 4 is 41.0 Å². The number of thioether (sulfide) groups is 1. The fourth-order valence-corrected chi connectivity index (χ4v) is 5.52. The molecule has 1 unspecified atom stereocenters. The molecule has 1 aliphatic rings. The van der Waals surface area contributed by atoms with E-state index in [0.29, 0.717) is 17.2 Å². The summed E-state index contributed by atoms with van der Waals surface area (Å²) < 4.78 is 52.0. The maximum absolute atomic E-state index is 13.5. The number of halogens is 4. The summed E-state index contributed by atoms with van der Waals surface area (Å²) >= 11 is -0.273. The van der Waals surface area contributed by atoms with E-state index in [0.717, 1.165) is 12.8 Å². The smallest absolute Gasteiger partial charge is 0.446 e. The zero-order chi connectivity index (χ0) is 31.0. The summed E-state index contributed by atoms with van der Waals surface area (Å²) in [5.41, 5.74) is -1.70. The van der Waals surface area contributed by atoms with Gasteiger partial charge in [0.05, 0.1) is 13.1 Å². The van der Waals surface area contributed by atoms with Crippen molar-refractivity contribution in [3.63, 3.8) is 0 Å². The van der Waals surface area contributed by atoms with E-state index >= 15 is 0 Å². The number of aliphatic carboxylic acids is 1. The number of anilines is 2. The number of benzene rings is 3.